The lowest BCUT2D eigenvalue weighted by molar-refractivity contribution is 0.0528. The van der Waals surface area contributed by atoms with Gasteiger partial charge in [-0.3, -0.25) is 0 Å². The van der Waals surface area contributed by atoms with E-state index in [-0.39, 0.29) is 12.5 Å². The zero-order chi connectivity index (χ0) is 16.8. The van der Waals surface area contributed by atoms with Crippen LogP contribution in [0, 0.1) is 5.92 Å². The topological polar surface area (TPSA) is 58.6 Å². The smallest absolute Gasteiger partial charge is 0.407 e. The number of rotatable bonds is 5. The fourth-order valence-electron chi connectivity index (χ4n) is 1.92. The van der Waals surface area contributed by atoms with Crippen molar-refractivity contribution in [3.63, 3.8) is 0 Å². The van der Waals surface area contributed by atoms with E-state index in [0.29, 0.717) is 0 Å². The number of carbonyl (C=O) groups excluding carboxylic acids is 1. The second-order valence-corrected chi connectivity index (χ2v) is 6.67. The molecule has 4 heteroatoms. The monoisotopic (exact) mass is 305 g/mol. The summed E-state index contributed by atoms with van der Waals surface area (Å²) in [7, 11) is 0. The molecule has 2 N–H and O–H groups in total. The Kier molecular flexibility index (Phi) is 6.62. The molecule has 0 heterocycles. The van der Waals surface area contributed by atoms with Gasteiger partial charge in [0.1, 0.15) is 5.60 Å². The van der Waals surface area contributed by atoms with Crippen LogP contribution in [0.25, 0.3) is 6.08 Å². The van der Waals surface area contributed by atoms with Gasteiger partial charge in [0.2, 0.25) is 0 Å². The second-order valence-electron chi connectivity index (χ2n) is 6.67. The number of ether oxygens (including phenoxy) is 1. The molecule has 0 saturated carbocycles. The SMILES string of the molecule is CC(C)[C@@H](O)/C(=C/c1ccccc1)CNC(=O)OC(C)(C)C. The molecule has 0 unspecified atom stereocenters. The quantitative estimate of drug-likeness (QED) is 0.873. The van der Waals surface area contributed by atoms with Gasteiger partial charge in [-0.1, -0.05) is 50.3 Å². The van der Waals surface area contributed by atoms with Crippen molar-refractivity contribution in [2.75, 3.05) is 6.54 Å². The minimum absolute atomic E-state index is 0.0652. The highest BCUT2D eigenvalue weighted by atomic mass is 16.6. The summed E-state index contributed by atoms with van der Waals surface area (Å²) >= 11 is 0. The van der Waals surface area contributed by atoms with Crippen LogP contribution in [0.15, 0.2) is 35.9 Å². The Balaban J connectivity index is 2.80. The van der Waals surface area contributed by atoms with Gasteiger partial charge in [-0.25, -0.2) is 4.79 Å². The van der Waals surface area contributed by atoms with E-state index in [2.05, 4.69) is 5.32 Å². The highest BCUT2D eigenvalue weighted by Crippen LogP contribution is 2.16. The van der Waals surface area contributed by atoms with Gasteiger partial charge in [-0.2, -0.15) is 0 Å². The first-order valence-corrected chi connectivity index (χ1v) is 7.59. The largest absolute Gasteiger partial charge is 0.444 e. The summed E-state index contributed by atoms with van der Waals surface area (Å²) in [6, 6.07) is 9.73. The van der Waals surface area contributed by atoms with Crippen molar-refractivity contribution in [3.05, 3.63) is 41.5 Å². The molecule has 0 fully saturated rings. The predicted molar refractivity (Wildman–Crippen MR) is 89.5 cm³/mol. The molecule has 1 rings (SSSR count). The number of amides is 1. The molecule has 1 aromatic carbocycles. The molecule has 0 bridgehead atoms. The first kappa shape index (κ1) is 18.2. The van der Waals surface area contributed by atoms with Gasteiger partial charge in [-0.05, 0) is 37.8 Å². The second kappa shape index (κ2) is 7.99. The molecule has 0 aliphatic heterocycles. The van der Waals surface area contributed by atoms with Crippen LogP contribution in [0.3, 0.4) is 0 Å². The van der Waals surface area contributed by atoms with Gasteiger partial charge in [0.15, 0.2) is 0 Å². The van der Waals surface area contributed by atoms with Gasteiger partial charge in [-0.15, -0.1) is 0 Å². The molecule has 4 nitrogen and oxygen atoms in total. The molecule has 1 aromatic rings. The Morgan fingerprint density at radius 3 is 2.36 bits per heavy atom. The Hall–Kier alpha value is -1.81. The highest BCUT2D eigenvalue weighted by Gasteiger charge is 2.19. The molecule has 0 aromatic heterocycles. The van der Waals surface area contributed by atoms with Crippen molar-refractivity contribution in [2.24, 2.45) is 5.92 Å². The minimum atomic E-state index is -0.616. The van der Waals surface area contributed by atoms with Crippen molar-refractivity contribution in [1.29, 1.82) is 0 Å². The fraction of sp³-hybridized carbons (Fsp3) is 0.500. The summed E-state index contributed by atoms with van der Waals surface area (Å²) in [6.45, 7) is 9.58. The number of aliphatic hydroxyl groups excluding tert-OH is 1. The van der Waals surface area contributed by atoms with Crippen LogP contribution in [-0.2, 0) is 4.74 Å². The molecule has 0 saturated heterocycles. The van der Waals surface area contributed by atoms with E-state index in [1.54, 1.807) is 0 Å². The van der Waals surface area contributed by atoms with Crippen molar-refractivity contribution in [1.82, 2.24) is 5.32 Å². The van der Waals surface area contributed by atoms with Crippen molar-refractivity contribution < 1.29 is 14.6 Å². The molecular weight excluding hydrogens is 278 g/mol. The standard InChI is InChI=1S/C18H27NO3/c1-13(2)16(20)15(11-14-9-7-6-8-10-14)12-19-17(21)22-18(3,4)5/h6-11,13,16,20H,12H2,1-5H3,(H,19,21)/b15-11+/t16-/m1/s1. The van der Waals surface area contributed by atoms with Crippen molar-refractivity contribution in [3.8, 4) is 0 Å². The lowest BCUT2D eigenvalue weighted by atomic mass is 9.97. The zero-order valence-corrected chi connectivity index (χ0v) is 14.1. The maximum Gasteiger partial charge on any atom is 0.407 e. The van der Waals surface area contributed by atoms with Gasteiger partial charge >= 0.3 is 6.09 Å². The molecule has 0 aliphatic carbocycles. The summed E-state index contributed by atoms with van der Waals surface area (Å²) in [5, 5.41) is 13.0. The number of hydrogen-bond acceptors (Lipinski definition) is 3. The number of benzene rings is 1. The van der Waals surface area contributed by atoms with Crippen LogP contribution in [0.1, 0.15) is 40.2 Å². The Morgan fingerprint density at radius 2 is 1.86 bits per heavy atom. The van der Waals surface area contributed by atoms with E-state index in [1.165, 1.54) is 0 Å². The minimum Gasteiger partial charge on any atom is -0.444 e. The normalized spacial score (nSPS) is 13.9. The lowest BCUT2D eigenvalue weighted by Gasteiger charge is -2.22. The molecule has 1 atom stereocenters. The molecule has 0 spiro atoms. The molecule has 0 aliphatic rings. The maximum atomic E-state index is 11.8. The molecule has 1 amide bonds. The molecular formula is C18H27NO3. The fourth-order valence-corrected chi connectivity index (χ4v) is 1.92. The summed E-state index contributed by atoms with van der Waals surface area (Å²) in [4.78, 5) is 11.8. The van der Waals surface area contributed by atoms with Crippen LogP contribution in [0.5, 0.6) is 0 Å². The van der Waals surface area contributed by atoms with E-state index >= 15 is 0 Å². The number of hydrogen-bond donors (Lipinski definition) is 2. The summed E-state index contributed by atoms with van der Waals surface area (Å²) < 4.78 is 5.22. The molecule has 0 radical (unpaired) electrons. The first-order valence-electron chi connectivity index (χ1n) is 7.59. The van der Waals surface area contributed by atoms with Gasteiger partial charge < -0.3 is 15.2 Å². The third-order valence-corrected chi connectivity index (χ3v) is 3.00. The maximum absolute atomic E-state index is 11.8. The lowest BCUT2D eigenvalue weighted by Crippen LogP contribution is -2.35. The van der Waals surface area contributed by atoms with E-state index < -0.39 is 17.8 Å². The summed E-state index contributed by atoms with van der Waals surface area (Å²) in [6.07, 6.45) is 0.805. The zero-order valence-electron chi connectivity index (χ0n) is 14.1. The van der Waals surface area contributed by atoms with Gasteiger partial charge in [0, 0.05) is 6.54 Å². The van der Waals surface area contributed by atoms with E-state index in [9.17, 15) is 9.90 Å². The average Bonchev–Trinajstić information content (AvgIpc) is 2.41. The van der Waals surface area contributed by atoms with E-state index in [4.69, 9.17) is 4.74 Å². The molecule has 122 valence electrons. The van der Waals surface area contributed by atoms with Gasteiger partial charge in [0.25, 0.3) is 0 Å². The first-order chi connectivity index (χ1) is 10.2. The molecule has 22 heavy (non-hydrogen) atoms. The van der Waals surface area contributed by atoms with Crippen LogP contribution in [0.2, 0.25) is 0 Å². The number of nitrogens with one attached hydrogen (secondary N) is 1. The third-order valence-electron chi connectivity index (χ3n) is 3.00. The van der Waals surface area contributed by atoms with Crippen LogP contribution >= 0.6 is 0 Å². The average molecular weight is 305 g/mol. The van der Waals surface area contributed by atoms with Crippen molar-refractivity contribution in [2.45, 2.75) is 46.3 Å². The number of aliphatic hydroxyl groups is 1. The number of alkyl carbamates (subject to hydrolysis) is 1. The predicted octanol–water partition coefficient (Wildman–Crippen LogP) is 3.61. The number of carbonyl (C=O) groups is 1. The van der Waals surface area contributed by atoms with Gasteiger partial charge in [0.05, 0.1) is 6.10 Å². The van der Waals surface area contributed by atoms with Crippen molar-refractivity contribution >= 4 is 12.2 Å². The van der Waals surface area contributed by atoms with E-state index in [1.807, 2.05) is 71.0 Å². The van der Waals surface area contributed by atoms with Crippen LogP contribution in [0.4, 0.5) is 4.79 Å². The van der Waals surface area contributed by atoms with E-state index in [0.717, 1.165) is 11.1 Å². The summed E-state index contributed by atoms with van der Waals surface area (Å²) in [5.41, 5.74) is 1.21. The third kappa shape index (κ3) is 6.76. The van der Waals surface area contributed by atoms with Crippen LogP contribution in [-0.4, -0.2) is 29.4 Å². The Bertz CT molecular complexity index is 501. The van der Waals surface area contributed by atoms with Crippen LogP contribution < -0.4 is 5.32 Å². The summed E-state index contributed by atoms with van der Waals surface area (Å²) in [5.74, 6) is 0.0652. The Morgan fingerprint density at radius 1 is 1.27 bits per heavy atom. The highest BCUT2D eigenvalue weighted by molar-refractivity contribution is 5.68. The Labute approximate surface area is 133 Å².